The lowest BCUT2D eigenvalue weighted by atomic mass is 9.92. The molecule has 0 aliphatic carbocycles. The van der Waals surface area contributed by atoms with Crippen molar-refractivity contribution in [1.82, 2.24) is 0 Å². The van der Waals surface area contributed by atoms with E-state index in [4.69, 9.17) is 14.2 Å². The average molecular weight is 423 g/mol. The van der Waals surface area contributed by atoms with Gasteiger partial charge in [0.1, 0.15) is 29.2 Å². The van der Waals surface area contributed by atoms with Crippen molar-refractivity contribution in [3.63, 3.8) is 0 Å². The van der Waals surface area contributed by atoms with E-state index >= 15 is 0 Å². The van der Waals surface area contributed by atoms with E-state index in [9.17, 15) is 19.2 Å². The van der Waals surface area contributed by atoms with Crippen LogP contribution < -0.4 is 0 Å². The monoisotopic (exact) mass is 422 g/mol. The number of hydrogen-bond donors (Lipinski definition) is 0. The first-order valence-electron chi connectivity index (χ1n) is 7.88. The summed E-state index contributed by atoms with van der Waals surface area (Å²) < 4.78 is 14.5. The molecule has 0 amide bonds. The van der Waals surface area contributed by atoms with E-state index < -0.39 is 33.1 Å². The molecule has 0 aromatic rings. The van der Waals surface area contributed by atoms with Crippen LogP contribution in [0, 0.1) is 10.8 Å². The highest BCUT2D eigenvalue weighted by molar-refractivity contribution is 9.10. The van der Waals surface area contributed by atoms with Gasteiger partial charge in [-0.15, -0.1) is 0 Å². The third-order valence-electron chi connectivity index (χ3n) is 3.10. The second-order valence-corrected chi connectivity index (χ2v) is 9.51. The van der Waals surface area contributed by atoms with Crippen LogP contribution in [0.25, 0.3) is 0 Å². The molecule has 0 aromatic carbocycles. The van der Waals surface area contributed by atoms with Gasteiger partial charge in [0.2, 0.25) is 0 Å². The van der Waals surface area contributed by atoms with Gasteiger partial charge in [0, 0.05) is 6.42 Å². The minimum Gasteiger partial charge on any atom is -0.465 e. The molecule has 0 aliphatic rings. The highest BCUT2D eigenvalue weighted by atomic mass is 79.9. The summed E-state index contributed by atoms with van der Waals surface area (Å²) in [6, 6.07) is 0. The zero-order chi connectivity index (χ0) is 19.9. The number of rotatable bonds is 9. The lowest BCUT2D eigenvalue weighted by Crippen LogP contribution is -2.43. The van der Waals surface area contributed by atoms with Crippen LogP contribution in [0.5, 0.6) is 0 Å². The quantitative estimate of drug-likeness (QED) is 0.185. The zero-order valence-corrected chi connectivity index (χ0v) is 17.2. The lowest BCUT2D eigenvalue weighted by Gasteiger charge is -2.29. The van der Waals surface area contributed by atoms with Crippen LogP contribution >= 0.6 is 15.9 Å². The molecule has 0 fully saturated rings. The fourth-order valence-electron chi connectivity index (χ4n) is 1.37. The minimum absolute atomic E-state index is 0.0534. The summed E-state index contributed by atoms with van der Waals surface area (Å²) in [4.78, 5) is 46.6. The van der Waals surface area contributed by atoms with Gasteiger partial charge < -0.3 is 19.0 Å². The van der Waals surface area contributed by atoms with Crippen molar-refractivity contribution in [2.45, 2.75) is 52.3 Å². The summed E-state index contributed by atoms with van der Waals surface area (Å²) in [5, 5.41) is 0. The molecule has 144 valence electrons. The van der Waals surface area contributed by atoms with Crippen LogP contribution in [-0.4, -0.2) is 48.3 Å². The Morgan fingerprint density at radius 2 is 1.32 bits per heavy atom. The topological polar surface area (TPSA) is 96.0 Å². The SMILES string of the molecule is CC(C)(C)C(=O)OCC(C)(COC(=O)C(C)(C)Br)C(=O)OCCC=O. The molecule has 0 bridgehead atoms. The Labute approximate surface area is 156 Å². The van der Waals surface area contributed by atoms with Gasteiger partial charge in [-0.25, -0.2) is 0 Å². The number of aldehydes is 1. The molecular formula is C17H27BrO7. The van der Waals surface area contributed by atoms with Gasteiger partial charge in [-0.3, -0.25) is 14.4 Å². The van der Waals surface area contributed by atoms with E-state index in [2.05, 4.69) is 15.9 Å². The van der Waals surface area contributed by atoms with E-state index in [1.54, 1.807) is 34.6 Å². The number of esters is 3. The fraction of sp³-hybridized carbons (Fsp3) is 0.765. The number of carbonyl (C=O) groups excluding carboxylic acids is 4. The number of halogens is 1. The van der Waals surface area contributed by atoms with Crippen LogP contribution in [0.1, 0.15) is 48.0 Å². The minimum atomic E-state index is -1.38. The second-order valence-electron chi connectivity index (χ2n) is 7.53. The Hall–Kier alpha value is -1.44. The van der Waals surface area contributed by atoms with Crippen LogP contribution in [0.3, 0.4) is 0 Å². The molecule has 0 rings (SSSR count). The van der Waals surface area contributed by atoms with Crippen LogP contribution in [0.2, 0.25) is 0 Å². The maximum absolute atomic E-state index is 12.3. The van der Waals surface area contributed by atoms with Crippen LogP contribution in [0.15, 0.2) is 0 Å². The molecule has 25 heavy (non-hydrogen) atoms. The highest BCUT2D eigenvalue weighted by Gasteiger charge is 2.40. The third kappa shape index (κ3) is 8.47. The summed E-state index contributed by atoms with van der Waals surface area (Å²) in [7, 11) is 0. The Morgan fingerprint density at radius 1 is 0.840 bits per heavy atom. The molecule has 0 aromatic heterocycles. The standard InChI is InChI=1S/C17H27BrO7/c1-15(2,3)12(20)24-10-17(6,14(22)23-9-7-8-19)11-25-13(21)16(4,5)18/h8H,7,9-11H2,1-6H3. The first-order valence-corrected chi connectivity index (χ1v) is 8.67. The van der Waals surface area contributed by atoms with Gasteiger partial charge in [-0.05, 0) is 41.5 Å². The molecule has 8 heteroatoms. The zero-order valence-electron chi connectivity index (χ0n) is 15.6. The number of hydrogen-bond acceptors (Lipinski definition) is 7. The van der Waals surface area contributed by atoms with Gasteiger partial charge in [-0.1, -0.05) is 15.9 Å². The van der Waals surface area contributed by atoms with E-state index in [1.807, 2.05) is 0 Å². The van der Waals surface area contributed by atoms with Gasteiger partial charge in [0.05, 0.1) is 12.0 Å². The Kier molecular flexibility index (Phi) is 8.77. The van der Waals surface area contributed by atoms with Gasteiger partial charge in [0.25, 0.3) is 0 Å². The van der Waals surface area contributed by atoms with Crippen molar-refractivity contribution in [3.8, 4) is 0 Å². The maximum Gasteiger partial charge on any atom is 0.322 e. The van der Waals surface area contributed by atoms with Crippen molar-refractivity contribution in [1.29, 1.82) is 0 Å². The molecule has 1 atom stereocenters. The lowest BCUT2D eigenvalue weighted by molar-refractivity contribution is -0.173. The van der Waals surface area contributed by atoms with Crippen LogP contribution in [-0.2, 0) is 33.4 Å². The third-order valence-corrected chi connectivity index (χ3v) is 3.43. The molecular weight excluding hydrogens is 396 g/mol. The second kappa shape index (κ2) is 9.31. The molecule has 0 N–H and O–H groups in total. The summed E-state index contributed by atoms with van der Waals surface area (Å²) in [5.41, 5.74) is -2.12. The molecule has 0 radical (unpaired) electrons. The highest BCUT2D eigenvalue weighted by Crippen LogP contribution is 2.25. The van der Waals surface area contributed by atoms with Crippen molar-refractivity contribution in [2.24, 2.45) is 10.8 Å². The van der Waals surface area contributed by atoms with Crippen molar-refractivity contribution in [2.75, 3.05) is 19.8 Å². The summed E-state index contributed by atoms with van der Waals surface area (Å²) >= 11 is 3.17. The van der Waals surface area contributed by atoms with Crippen LogP contribution in [0.4, 0.5) is 0 Å². The van der Waals surface area contributed by atoms with Crippen molar-refractivity contribution in [3.05, 3.63) is 0 Å². The summed E-state index contributed by atoms with van der Waals surface area (Å²) in [6.45, 7) is 9.01. The van der Waals surface area contributed by atoms with Crippen molar-refractivity contribution >= 4 is 40.1 Å². The predicted octanol–water partition coefficient (Wildman–Crippen LogP) is 2.43. The Morgan fingerprint density at radius 3 is 1.72 bits per heavy atom. The molecule has 7 nitrogen and oxygen atoms in total. The average Bonchev–Trinajstić information content (AvgIpc) is 2.48. The van der Waals surface area contributed by atoms with Gasteiger partial charge in [-0.2, -0.15) is 0 Å². The smallest absolute Gasteiger partial charge is 0.322 e. The molecule has 0 spiro atoms. The molecule has 0 aliphatic heterocycles. The number of ether oxygens (including phenoxy) is 3. The number of carbonyl (C=O) groups is 4. The Bertz CT molecular complexity index is 470. The summed E-state index contributed by atoms with van der Waals surface area (Å²) in [5.74, 6) is -1.77. The molecule has 0 heterocycles. The van der Waals surface area contributed by atoms with Gasteiger partial charge >= 0.3 is 17.9 Å². The van der Waals surface area contributed by atoms with E-state index in [0.717, 1.165) is 0 Å². The van der Waals surface area contributed by atoms with Crippen molar-refractivity contribution < 1.29 is 33.4 Å². The van der Waals surface area contributed by atoms with Gasteiger partial charge in [0.15, 0.2) is 0 Å². The van der Waals surface area contributed by atoms with E-state index in [1.165, 1.54) is 6.92 Å². The molecule has 0 saturated carbocycles. The Balaban J connectivity index is 5.08. The van der Waals surface area contributed by atoms with E-state index in [-0.39, 0.29) is 26.2 Å². The normalized spacial score (nSPS) is 14.2. The predicted molar refractivity (Wildman–Crippen MR) is 94.1 cm³/mol. The number of alkyl halides is 1. The maximum atomic E-state index is 12.3. The molecule has 1 unspecified atom stereocenters. The van der Waals surface area contributed by atoms with E-state index in [0.29, 0.717) is 6.29 Å². The summed E-state index contributed by atoms with van der Waals surface area (Å²) in [6.07, 6.45) is 0.676. The first-order chi connectivity index (χ1) is 11.2. The first kappa shape index (κ1) is 23.6. The fourth-order valence-corrected chi connectivity index (χ4v) is 1.49. The largest absolute Gasteiger partial charge is 0.465 e. The molecule has 0 saturated heterocycles.